The number of benzene rings is 1. The maximum atomic E-state index is 14.7. The number of likely N-dealkylation sites (N-methyl/N-ethyl adjacent to an activating group) is 2. The van der Waals surface area contributed by atoms with Gasteiger partial charge in [-0.1, -0.05) is 60.1 Å². The zero-order valence-corrected chi connectivity index (χ0v) is 43.0. The third-order valence-corrected chi connectivity index (χ3v) is 13.1. The summed E-state index contributed by atoms with van der Waals surface area (Å²) in [7, 11) is 4.37. The van der Waals surface area contributed by atoms with Crippen molar-refractivity contribution in [2.75, 3.05) is 34.3 Å². The third kappa shape index (κ3) is 16.2. The average molecular weight is 987 g/mol. The molecule has 2 heterocycles. The molecule has 2 aliphatic heterocycles. The summed E-state index contributed by atoms with van der Waals surface area (Å²) in [5.41, 5.74) is 0.598. The lowest BCUT2D eigenvalue weighted by molar-refractivity contribution is -0.163. The number of aliphatic hydroxyl groups is 2. The van der Waals surface area contributed by atoms with Crippen molar-refractivity contribution in [3.05, 3.63) is 29.8 Å². The Hall–Kier alpha value is -5.63. The van der Waals surface area contributed by atoms with Gasteiger partial charge in [-0.3, -0.25) is 38.4 Å². The van der Waals surface area contributed by atoms with Crippen LogP contribution in [0.25, 0.3) is 0 Å². The van der Waals surface area contributed by atoms with Crippen molar-refractivity contribution in [1.82, 2.24) is 30.7 Å². The Kier molecular flexibility index (Phi) is 22.7. The quantitative estimate of drug-likeness (QED) is 0.131. The van der Waals surface area contributed by atoms with Gasteiger partial charge < -0.3 is 55.1 Å². The fraction of sp³-hybridized carbons (Fsp3) is 0.700. The summed E-state index contributed by atoms with van der Waals surface area (Å²) in [4.78, 5) is 129. The lowest BCUT2D eigenvalue weighted by Crippen LogP contribution is -2.59. The van der Waals surface area contributed by atoms with Crippen molar-refractivity contribution in [2.45, 2.75) is 168 Å². The minimum atomic E-state index is -1.61. The number of carbonyl (C=O) groups excluding carboxylic acids is 9. The van der Waals surface area contributed by atoms with Crippen LogP contribution in [-0.4, -0.2) is 167 Å². The van der Waals surface area contributed by atoms with E-state index in [1.165, 1.54) is 56.7 Å². The number of hydrogen-bond acceptors (Lipinski definition) is 14. The molecule has 20 nitrogen and oxygen atoms in total. The van der Waals surface area contributed by atoms with Crippen molar-refractivity contribution in [3.63, 3.8) is 0 Å². The van der Waals surface area contributed by atoms with Gasteiger partial charge in [-0.15, -0.1) is 0 Å². The van der Waals surface area contributed by atoms with E-state index in [4.69, 9.17) is 14.2 Å². The van der Waals surface area contributed by atoms with Gasteiger partial charge in [0, 0.05) is 40.0 Å². The highest BCUT2D eigenvalue weighted by Gasteiger charge is 2.44. The predicted molar refractivity (Wildman–Crippen MR) is 256 cm³/mol. The van der Waals surface area contributed by atoms with Gasteiger partial charge in [0.2, 0.25) is 29.5 Å². The number of ether oxygens (including phenoxy) is 3. The first-order chi connectivity index (χ1) is 32.8. The van der Waals surface area contributed by atoms with E-state index >= 15 is 0 Å². The number of rotatable bonds is 14. The van der Waals surface area contributed by atoms with Crippen molar-refractivity contribution in [1.29, 1.82) is 0 Å². The first-order valence-electron chi connectivity index (χ1n) is 24.5. The smallest absolute Gasteiger partial charge is 0.329 e. The molecule has 0 spiro atoms. The van der Waals surface area contributed by atoms with Gasteiger partial charge in [-0.25, -0.2) is 4.79 Å². The van der Waals surface area contributed by atoms with Crippen LogP contribution in [0.1, 0.15) is 113 Å². The van der Waals surface area contributed by atoms with Crippen LogP contribution in [0.4, 0.5) is 0 Å². The van der Waals surface area contributed by atoms with Crippen LogP contribution in [-0.2, 0) is 59.0 Å². The molecule has 1 aromatic rings. The minimum Gasteiger partial charge on any atom is -0.497 e. The molecule has 0 unspecified atom stereocenters. The molecule has 3 rings (SSSR count). The second kappa shape index (κ2) is 27.1. The molecule has 2 fully saturated rings. The van der Waals surface area contributed by atoms with E-state index in [0.29, 0.717) is 24.2 Å². The molecule has 0 aliphatic carbocycles. The molecule has 0 radical (unpaired) electrons. The number of hydrogen-bond donors (Lipinski definition) is 5. The SMILES string of the molecule is CC[C@H](C)[C@H]1NC(=O)[C@H](NC(=O)CCCN(C)C(=O)[C@H](C)O)[C@@H](C)OC(=O)[C@H](Cc2ccc(OC)cc2)N(C)C(=O)[C@@H]2CCCN2C(=O)[C@H](CC(C)C)NC(=O)[C@@H](C)C(=O)[C@H](C(C)C)OC(=O)C[C@@H]1O. The fourth-order valence-corrected chi connectivity index (χ4v) is 8.62. The van der Waals surface area contributed by atoms with E-state index < -0.39 is 132 Å². The Bertz CT molecular complexity index is 1990. The van der Waals surface area contributed by atoms with Crippen LogP contribution in [0.2, 0.25) is 0 Å². The highest BCUT2D eigenvalue weighted by atomic mass is 16.6. The topological polar surface area (TPSA) is 268 Å². The summed E-state index contributed by atoms with van der Waals surface area (Å²) in [6.07, 6.45) is -5.37. The number of carbonyl (C=O) groups is 9. The molecular weight excluding hydrogens is 909 g/mol. The Labute approximate surface area is 412 Å². The summed E-state index contributed by atoms with van der Waals surface area (Å²) in [5.74, 6) is -8.85. The van der Waals surface area contributed by atoms with E-state index in [0.717, 1.165) is 0 Å². The molecule has 0 bridgehead atoms. The molecule has 11 atom stereocenters. The number of ketones is 1. The first kappa shape index (κ1) is 58.7. The van der Waals surface area contributed by atoms with E-state index in [2.05, 4.69) is 16.0 Å². The highest BCUT2D eigenvalue weighted by molar-refractivity contribution is 6.05. The monoisotopic (exact) mass is 987 g/mol. The van der Waals surface area contributed by atoms with Crippen LogP contribution in [0, 0.1) is 23.7 Å². The number of Topliss-reactive ketones (excluding diaryl/α,β-unsaturated/α-hetero) is 1. The second-order valence-corrected chi connectivity index (χ2v) is 19.6. The van der Waals surface area contributed by atoms with Crippen molar-refractivity contribution >= 4 is 53.2 Å². The standard InChI is InChI=1S/C50H78N6O14/c1-13-29(6)41-38(58)26-40(60)70-44(28(4)5)43(61)30(7)45(62)51-35(24-27(2)3)48(65)56-23-14-16-36(56)49(66)55(11)37(25-33-18-20-34(68-12)21-19-33)50(67)69-32(9)42(46(63)53-41)52-39(59)17-15-22-54(10)47(64)31(8)57/h18-21,27-32,35-38,41-42,44,57-58H,13-17,22-26H2,1-12H3,(H,51,62)(H,52,59)(H,53,63)/t29-,30-,31-,32+,35-,36-,37-,38-,41+,42+,44-/m0/s1. The van der Waals surface area contributed by atoms with Crippen molar-refractivity contribution < 1.29 is 67.6 Å². The minimum absolute atomic E-state index is 0.0851. The average Bonchev–Trinajstić information content (AvgIpc) is 3.81. The second-order valence-electron chi connectivity index (χ2n) is 19.6. The molecule has 0 aromatic heterocycles. The molecule has 392 valence electrons. The Morgan fingerprint density at radius 2 is 1.59 bits per heavy atom. The Balaban J connectivity index is 2.19. The van der Waals surface area contributed by atoms with E-state index in [1.54, 1.807) is 52.0 Å². The molecule has 6 amide bonds. The van der Waals surface area contributed by atoms with E-state index in [1.807, 2.05) is 13.8 Å². The zero-order valence-electron chi connectivity index (χ0n) is 43.0. The molecule has 2 saturated heterocycles. The molecule has 70 heavy (non-hydrogen) atoms. The maximum Gasteiger partial charge on any atom is 0.329 e. The summed E-state index contributed by atoms with van der Waals surface area (Å²) >= 11 is 0. The summed E-state index contributed by atoms with van der Waals surface area (Å²) < 4.78 is 17.0. The van der Waals surface area contributed by atoms with Crippen LogP contribution >= 0.6 is 0 Å². The maximum absolute atomic E-state index is 14.7. The number of fused-ring (bicyclic) bond motifs is 1. The van der Waals surface area contributed by atoms with Crippen LogP contribution in [0.5, 0.6) is 5.75 Å². The summed E-state index contributed by atoms with van der Waals surface area (Å²) in [6.45, 7) is 14.7. The van der Waals surface area contributed by atoms with Crippen LogP contribution in [0.3, 0.4) is 0 Å². The van der Waals surface area contributed by atoms with Crippen molar-refractivity contribution in [2.24, 2.45) is 23.7 Å². The predicted octanol–water partition coefficient (Wildman–Crippen LogP) is 1.69. The van der Waals surface area contributed by atoms with E-state index in [9.17, 15) is 53.4 Å². The first-order valence-corrected chi connectivity index (χ1v) is 24.5. The van der Waals surface area contributed by atoms with E-state index in [-0.39, 0.29) is 51.1 Å². The van der Waals surface area contributed by atoms with Crippen molar-refractivity contribution in [3.8, 4) is 5.75 Å². The molecule has 2 aliphatic rings. The summed E-state index contributed by atoms with van der Waals surface area (Å²) in [6, 6.07) is 0.440. The molecule has 0 saturated carbocycles. The van der Waals surface area contributed by atoms with Gasteiger partial charge in [-0.05, 0) is 81.9 Å². The van der Waals surface area contributed by atoms with Gasteiger partial charge in [0.05, 0.1) is 31.6 Å². The lowest BCUT2D eigenvalue weighted by atomic mass is 9.91. The van der Waals surface area contributed by atoms with Crippen LogP contribution in [0.15, 0.2) is 24.3 Å². The fourth-order valence-electron chi connectivity index (χ4n) is 8.62. The Morgan fingerprint density at radius 3 is 2.16 bits per heavy atom. The molecular formula is C50H78N6O14. The molecule has 5 N–H and O–H groups in total. The Morgan fingerprint density at radius 1 is 0.943 bits per heavy atom. The number of aliphatic hydroxyl groups excluding tert-OH is 2. The van der Waals surface area contributed by atoms with Crippen LogP contribution < -0.4 is 20.7 Å². The normalized spacial score (nSPS) is 27.0. The number of nitrogens with one attached hydrogen (secondary N) is 3. The molecule has 20 heteroatoms. The van der Waals surface area contributed by atoms with Gasteiger partial charge in [0.25, 0.3) is 5.91 Å². The van der Waals surface area contributed by atoms with Gasteiger partial charge in [-0.2, -0.15) is 0 Å². The highest BCUT2D eigenvalue weighted by Crippen LogP contribution is 2.26. The summed E-state index contributed by atoms with van der Waals surface area (Å²) in [5, 5.41) is 29.4. The van der Waals surface area contributed by atoms with Gasteiger partial charge in [0.15, 0.2) is 11.9 Å². The van der Waals surface area contributed by atoms with Gasteiger partial charge >= 0.3 is 11.9 Å². The largest absolute Gasteiger partial charge is 0.497 e. The lowest BCUT2D eigenvalue weighted by Gasteiger charge is -2.35. The number of cyclic esters (lactones) is 2. The third-order valence-electron chi connectivity index (χ3n) is 13.1. The number of esters is 2. The number of nitrogens with zero attached hydrogens (tertiary/aromatic N) is 3. The number of methoxy groups -OCH3 is 1. The zero-order chi connectivity index (χ0) is 52.7. The van der Waals surface area contributed by atoms with Gasteiger partial charge in [0.1, 0.15) is 42.1 Å². The molecule has 1 aromatic carbocycles. The number of amides is 6.